The standard InChI is InChI=1S/C15H12N6O3/c1-10-8-11(6-7-13(10)20-9-16-18-19-20)17-15(22)12-4-2-3-5-14(12)21(23)24/h2-9H,1H3,(H,17,22). The van der Waals surface area contributed by atoms with Gasteiger partial charge < -0.3 is 5.32 Å². The molecule has 0 aliphatic carbocycles. The van der Waals surface area contributed by atoms with Gasteiger partial charge in [0.1, 0.15) is 11.9 Å². The molecule has 0 fully saturated rings. The summed E-state index contributed by atoms with van der Waals surface area (Å²) in [5.74, 6) is -0.545. The number of nitrogens with zero attached hydrogens (tertiary/aromatic N) is 5. The van der Waals surface area contributed by atoms with Crippen molar-refractivity contribution >= 4 is 17.3 Å². The second-order valence-corrected chi connectivity index (χ2v) is 4.98. The maximum atomic E-state index is 12.3. The molecule has 0 atom stereocenters. The minimum absolute atomic E-state index is 0.00436. The fraction of sp³-hybridized carbons (Fsp3) is 0.0667. The number of rotatable bonds is 4. The molecule has 0 saturated carbocycles. The van der Waals surface area contributed by atoms with E-state index in [-0.39, 0.29) is 11.3 Å². The molecule has 3 rings (SSSR count). The number of aryl methyl sites for hydroxylation is 1. The average Bonchev–Trinajstić information content (AvgIpc) is 3.09. The molecule has 9 heteroatoms. The monoisotopic (exact) mass is 324 g/mol. The van der Waals surface area contributed by atoms with Crippen LogP contribution in [0.15, 0.2) is 48.8 Å². The minimum atomic E-state index is -0.582. The lowest BCUT2D eigenvalue weighted by molar-refractivity contribution is -0.385. The van der Waals surface area contributed by atoms with Crippen LogP contribution in [0.3, 0.4) is 0 Å². The van der Waals surface area contributed by atoms with Gasteiger partial charge in [0.05, 0.1) is 10.6 Å². The van der Waals surface area contributed by atoms with Crippen molar-refractivity contribution in [1.82, 2.24) is 20.2 Å². The van der Waals surface area contributed by atoms with Crippen LogP contribution in [0.1, 0.15) is 15.9 Å². The van der Waals surface area contributed by atoms with E-state index < -0.39 is 10.8 Å². The molecule has 9 nitrogen and oxygen atoms in total. The molecule has 0 bridgehead atoms. The van der Waals surface area contributed by atoms with E-state index in [2.05, 4.69) is 20.8 Å². The van der Waals surface area contributed by atoms with Gasteiger partial charge in [0.15, 0.2) is 0 Å². The Kier molecular flexibility index (Phi) is 3.98. The Morgan fingerprint density at radius 3 is 2.71 bits per heavy atom. The van der Waals surface area contributed by atoms with Crippen molar-refractivity contribution in [2.24, 2.45) is 0 Å². The molecular formula is C15H12N6O3. The number of aromatic nitrogens is 4. The second kappa shape index (κ2) is 6.24. The summed E-state index contributed by atoms with van der Waals surface area (Å²) in [7, 11) is 0. The van der Waals surface area contributed by atoms with E-state index in [9.17, 15) is 14.9 Å². The van der Waals surface area contributed by atoms with Gasteiger partial charge in [-0.2, -0.15) is 0 Å². The number of hydrogen-bond acceptors (Lipinski definition) is 6. The number of amides is 1. The van der Waals surface area contributed by atoms with Crippen molar-refractivity contribution < 1.29 is 9.72 Å². The fourth-order valence-electron chi connectivity index (χ4n) is 2.29. The molecule has 0 unspecified atom stereocenters. The topological polar surface area (TPSA) is 116 Å². The van der Waals surface area contributed by atoms with Crippen LogP contribution in [0.2, 0.25) is 0 Å². The number of hydrogen-bond donors (Lipinski definition) is 1. The predicted octanol–water partition coefficient (Wildman–Crippen LogP) is 2.13. The smallest absolute Gasteiger partial charge is 0.282 e. The lowest BCUT2D eigenvalue weighted by atomic mass is 10.1. The third-order valence-electron chi connectivity index (χ3n) is 3.40. The Balaban J connectivity index is 1.86. The summed E-state index contributed by atoms with van der Waals surface area (Å²) >= 11 is 0. The number of nitro benzene ring substituents is 1. The Morgan fingerprint density at radius 1 is 1.25 bits per heavy atom. The largest absolute Gasteiger partial charge is 0.322 e. The van der Waals surface area contributed by atoms with Gasteiger partial charge in [0.2, 0.25) is 0 Å². The zero-order valence-electron chi connectivity index (χ0n) is 12.6. The third-order valence-corrected chi connectivity index (χ3v) is 3.40. The zero-order valence-corrected chi connectivity index (χ0v) is 12.6. The average molecular weight is 324 g/mol. The van der Waals surface area contributed by atoms with E-state index in [0.717, 1.165) is 11.3 Å². The molecule has 1 aromatic heterocycles. The maximum absolute atomic E-state index is 12.3. The Bertz CT molecular complexity index is 907. The quantitative estimate of drug-likeness (QED) is 0.580. The number of carbonyl (C=O) groups is 1. The highest BCUT2D eigenvalue weighted by Crippen LogP contribution is 2.21. The molecule has 3 aromatic rings. The first kappa shape index (κ1) is 15.3. The summed E-state index contributed by atoms with van der Waals surface area (Å²) in [5.41, 5.74) is 1.89. The van der Waals surface area contributed by atoms with Gasteiger partial charge in [-0.3, -0.25) is 14.9 Å². The summed E-state index contributed by atoms with van der Waals surface area (Å²) in [4.78, 5) is 22.7. The number of para-hydroxylation sites is 1. The maximum Gasteiger partial charge on any atom is 0.282 e. The van der Waals surface area contributed by atoms with Gasteiger partial charge in [-0.15, -0.1) is 5.10 Å². The van der Waals surface area contributed by atoms with E-state index in [1.54, 1.807) is 24.3 Å². The molecular weight excluding hydrogens is 312 g/mol. The highest BCUT2D eigenvalue weighted by Gasteiger charge is 2.19. The summed E-state index contributed by atoms with van der Waals surface area (Å²) < 4.78 is 1.50. The Hall–Kier alpha value is -3.62. The van der Waals surface area contributed by atoms with Gasteiger partial charge in [-0.1, -0.05) is 12.1 Å². The third kappa shape index (κ3) is 2.95. The molecule has 0 saturated heterocycles. The van der Waals surface area contributed by atoms with Crippen LogP contribution in [0.4, 0.5) is 11.4 Å². The summed E-state index contributed by atoms with van der Waals surface area (Å²) in [6.45, 7) is 1.84. The van der Waals surface area contributed by atoms with Crippen molar-refractivity contribution in [2.45, 2.75) is 6.92 Å². The van der Waals surface area contributed by atoms with Crippen LogP contribution < -0.4 is 5.32 Å². The number of benzene rings is 2. The second-order valence-electron chi connectivity index (χ2n) is 4.98. The first-order valence-corrected chi connectivity index (χ1v) is 6.95. The lowest BCUT2D eigenvalue weighted by Crippen LogP contribution is -2.14. The zero-order chi connectivity index (χ0) is 17.1. The van der Waals surface area contributed by atoms with Crippen LogP contribution in [0, 0.1) is 17.0 Å². The van der Waals surface area contributed by atoms with Gasteiger partial charge in [-0.25, -0.2) is 4.68 Å². The molecule has 0 radical (unpaired) electrons. The molecule has 1 amide bonds. The lowest BCUT2D eigenvalue weighted by Gasteiger charge is -2.09. The Morgan fingerprint density at radius 2 is 2.04 bits per heavy atom. The predicted molar refractivity (Wildman–Crippen MR) is 84.9 cm³/mol. The first-order chi connectivity index (χ1) is 11.6. The first-order valence-electron chi connectivity index (χ1n) is 6.95. The Labute approximate surface area is 136 Å². The fourth-order valence-corrected chi connectivity index (χ4v) is 2.29. The van der Waals surface area contributed by atoms with Gasteiger partial charge in [0.25, 0.3) is 11.6 Å². The van der Waals surface area contributed by atoms with Crippen LogP contribution in [0.25, 0.3) is 5.69 Å². The van der Waals surface area contributed by atoms with Crippen LogP contribution in [-0.2, 0) is 0 Å². The van der Waals surface area contributed by atoms with E-state index in [0.29, 0.717) is 5.69 Å². The molecule has 0 spiro atoms. The number of nitro groups is 1. The number of tetrazole rings is 1. The van der Waals surface area contributed by atoms with Gasteiger partial charge >= 0.3 is 0 Å². The van der Waals surface area contributed by atoms with E-state index in [1.807, 2.05) is 6.92 Å². The number of anilines is 1. The van der Waals surface area contributed by atoms with Crippen LogP contribution in [-0.4, -0.2) is 31.0 Å². The summed E-state index contributed by atoms with van der Waals surface area (Å²) in [6.07, 6.45) is 1.47. The highest BCUT2D eigenvalue weighted by molar-refractivity contribution is 6.07. The summed E-state index contributed by atoms with van der Waals surface area (Å²) in [6, 6.07) is 11.0. The van der Waals surface area contributed by atoms with Crippen molar-refractivity contribution in [2.75, 3.05) is 5.32 Å². The van der Waals surface area contributed by atoms with Crippen molar-refractivity contribution in [3.63, 3.8) is 0 Å². The number of nitrogens with one attached hydrogen (secondary N) is 1. The van der Waals surface area contributed by atoms with Gasteiger partial charge in [0, 0.05) is 11.8 Å². The van der Waals surface area contributed by atoms with E-state index in [1.165, 1.54) is 29.2 Å². The molecule has 0 aliphatic rings. The number of carbonyl (C=O) groups excluding carboxylic acids is 1. The minimum Gasteiger partial charge on any atom is -0.322 e. The summed E-state index contributed by atoms with van der Waals surface area (Å²) in [5, 5.41) is 24.6. The van der Waals surface area contributed by atoms with E-state index >= 15 is 0 Å². The highest BCUT2D eigenvalue weighted by atomic mass is 16.6. The van der Waals surface area contributed by atoms with Crippen molar-refractivity contribution in [1.29, 1.82) is 0 Å². The molecule has 24 heavy (non-hydrogen) atoms. The van der Waals surface area contributed by atoms with E-state index in [4.69, 9.17) is 0 Å². The molecule has 2 aromatic carbocycles. The molecule has 1 N–H and O–H groups in total. The van der Waals surface area contributed by atoms with Crippen LogP contribution >= 0.6 is 0 Å². The SMILES string of the molecule is Cc1cc(NC(=O)c2ccccc2[N+](=O)[O-])ccc1-n1cnnn1. The van der Waals surface area contributed by atoms with Gasteiger partial charge in [-0.05, 0) is 47.2 Å². The van der Waals surface area contributed by atoms with Crippen molar-refractivity contribution in [3.05, 3.63) is 70.0 Å². The molecule has 1 heterocycles. The van der Waals surface area contributed by atoms with Crippen molar-refractivity contribution in [3.8, 4) is 5.69 Å². The molecule has 120 valence electrons. The normalized spacial score (nSPS) is 10.4. The van der Waals surface area contributed by atoms with Crippen LogP contribution in [0.5, 0.6) is 0 Å². The molecule has 0 aliphatic heterocycles.